The Morgan fingerprint density at radius 3 is 2.81 bits per heavy atom. The lowest BCUT2D eigenvalue weighted by molar-refractivity contribution is 0.0532. The van der Waals surface area contributed by atoms with Crippen molar-refractivity contribution in [1.29, 1.82) is 0 Å². The summed E-state index contributed by atoms with van der Waals surface area (Å²) in [5.74, 6) is -1.11. The summed E-state index contributed by atoms with van der Waals surface area (Å²) in [5.41, 5.74) is 2.60. The van der Waals surface area contributed by atoms with Crippen LogP contribution in [0, 0.1) is 6.92 Å². The molecule has 0 unspecified atom stereocenters. The molecule has 0 bridgehead atoms. The molecule has 1 aromatic carbocycles. The molecule has 26 heavy (non-hydrogen) atoms. The number of ether oxygens (including phenoxy) is 2. The Hall–Kier alpha value is -3.22. The fraction of sp³-hybridized carbons (Fsp3) is 0.263. The first-order valence-electron chi connectivity index (χ1n) is 7.93. The number of methoxy groups -OCH3 is 1. The van der Waals surface area contributed by atoms with Crippen molar-refractivity contribution in [1.82, 2.24) is 0 Å². The van der Waals surface area contributed by atoms with Gasteiger partial charge < -0.3 is 24.1 Å². The summed E-state index contributed by atoms with van der Waals surface area (Å²) < 4.78 is 15.7. The van der Waals surface area contributed by atoms with E-state index in [1.54, 1.807) is 19.9 Å². The third-order valence-corrected chi connectivity index (χ3v) is 4.51. The normalized spacial score (nSPS) is 13.5. The summed E-state index contributed by atoms with van der Waals surface area (Å²) in [6.45, 7) is 3.62. The first-order valence-corrected chi connectivity index (χ1v) is 7.93. The summed E-state index contributed by atoms with van der Waals surface area (Å²) in [7, 11) is 1.49. The van der Waals surface area contributed by atoms with E-state index in [2.05, 4.69) is 0 Å². The van der Waals surface area contributed by atoms with Crippen molar-refractivity contribution in [3.05, 3.63) is 52.0 Å². The zero-order valence-corrected chi connectivity index (χ0v) is 14.6. The van der Waals surface area contributed by atoms with Crippen molar-refractivity contribution in [2.24, 2.45) is 0 Å². The molecule has 3 rings (SSSR count). The second-order valence-corrected chi connectivity index (χ2v) is 5.97. The van der Waals surface area contributed by atoms with Gasteiger partial charge in [0.1, 0.15) is 35.0 Å². The molecule has 2 heterocycles. The van der Waals surface area contributed by atoms with Gasteiger partial charge in [0.25, 0.3) is 0 Å². The smallest absolute Gasteiger partial charge is 0.342 e. The van der Waals surface area contributed by atoms with Crippen molar-refractivity contribution >= 4 is 17.5 Å². The number of carboxylic acids is 1. The van der Waals surface area contributed by atoms with E-state index in [-0.39, 0.29) is 35.7 Å². The SMILES string of the molecule is COc1c(C)c2c(c(O)c1C/C=C(\C)c1occc1C(=O)O)C(=O)OC2. The highest BCUT2D eigenvalue weighted by molar-refractivity contribution is 5.98. The molecule has 136 valence electrons. The Morgan fingerprint density at radius 1 is 1.42 bits per heavy atom. The molecule has 0 saturated heterocycles. The van der Waals surface area contributed by atoms with E-state index < -0.39 is 11.9 Å². The van der Waals surface area contributed by atoms with Crippen LogP contribution < -0.4 is 4.74 Å². The first kappa shape index (κ1) is 17.6. The van der Waals surface area contributed by atoms with Crippen molar-refractivity contribution in [3.8, 4) is 11.5 Å². The fourth-order valence-corrected chi connectivity index (χ4v) is 3.16. The van der Waals surface area contributed by atoms with Crippen molar-refractivity contribution in [2.75, 3.05) is 7.11 Å². The minimum absolute atomic E-state index is 0.0589. The summed E-state index contributed by atoms with van der Waals surface area (Å²) in [6.07, 6.45) is 3.25. The van der Waals surface area contributed by atoms with Crippen LogP contribution >= 0.6 is 0 Å². The van der Waals surface area contributed by atoms with Crippen molar-refractivity contribution < 1.29 is 33.7 Å². The lowest BCUT2D eigenvalue weighted by Crippen LogP contribution is -2.03. The van der Waals surface area contributed by atoms with Gasteiger partial charge in [-0.3, -0.25) is 0 Å². The van der Waals surface area contributed by atoms with Crippen LogP contribution in [0.25, 0.3) is 5.57 Å². The molecule has 1 aromatic heterocycles. The minimum atomic E-state index is -1.09. The van der Waals surface area contributed by atoms with Crippen LogP contribution in [0.5, 0.6) is 11.5 Å². The summed E-state index contributed by atoms with van der Waals surface area (Å²) in [6, 6.07) is 1.38. The first-order chi connectivity index (χ1) is 12.4. The number of benzene rings is 1. The van der Waals surface area contributed by atoms with Gasteiger partial charge in [0.15, 0.2) is 0 Å². The number of rotatable bonds is 5. The van der Waals surface area contributed by atoms with Crippen LogP contribution in [0.1, 0.15) is 50.1 Å². The number of esters is 1. The molecule has 0 atom stereocenters. The highest BCUT2D eigenvalue weighted by Crippen LogP contribution is 2.42. The van der Waals surface area contributed by atoms with Gasteiger partial charge in [-0.2, -0.15) is 0 Å². The second kappa shape index (κ2) is 6.59. The van der Waals surface area contributed by atoms with E-state index in [9.17, 15) is 19.8 Å². The summed E-state index contributed by atoms with van der Waals surface area (Å²) in [4.78, 5) is 23.1. The van der Waals surface area contributed by atoms with E-state index in [1.807, 2.05) is 0 Å². The van der Waals surface area contributed by atoms with Crippen LogP contribution in [0.4, 0.5) is 0 Å². The Bertz CT molecular complexity index is 934. The molecule has 0 fully saturated rings. The lowest BCUT2D eigenvalue weighted by atomic mass is 9.94. The number of carbonyl (C=O) groups is 2. The van der Waals surface area contributed by atoms with Gasteiger partial charge in [-0.1, -0.05) is 6.08 Å². The van der Waals surface area contributed by atoms with Gasteiger partial charge in [0.05, 0.1) is 13.4 Å². The average molecular weight is 358 g/mol. The number of carbonyl (C=O) groups excluding carboxylic acids is 1. The number of phenolic OH excluding ortho intramolecular Hbond substituents is 1. The Kier molecular flexibility index (Phi) is 4.46. The number of hydrogen-bond donors (Lipinski definition) is 2. The standard InChI is InChI=1S/C19H18O7/c1-9(16-12(18(21)22)6-7-25-16)4-5-11-15(20)14-13(8-26-19(14)23)10(2)17(11)24-3/h4,6-7,20H,5,8H2,1-3H3,(H,21,22)/b9-4+. The summed E-state index contributed by atoms with van der Waals surface area (Å²) >= 11 is 0. The van der Waals surface area contributed by atoms with Crippen LogP contribution in [0.15, 0.2) is 22.8 Å². The van der Waals surface area contributed by atoms with E-state index in [4.69, 9.17) is 13.9 Å². The monoisotopic (exact) mass is 358 g/mol. The molecule has 2 N–H and O–H groups in total. The van der Waals surface area contributed by atoms with E-state index in [0.717, 1.165) is 5.56 Å². The predicted molar refractivity (Wildman–Crippen MR) is 91.5 cm³/mol. The number of phenols is 1. The molecule has 0 amide bonds. The lowest BCUT2D eigenvalue weighted by Gasteiger charge is -2.15. The largest absolute Gasteiger partial charge is 0.507 e. The zero-order chi connectivity index (χ0) is 19.0. The number of hydrogen-bond acceptors (Lipinski definition) is 6. The highest BCUT2D eigenvalue weighted by atomic mass is 16.5. The van der Waals surface area contributed by atoms with Crippen LogP contribution in [0.2, 0.25) is 0 Å². The molecule has 7 nitrogen and oxygen atoms in total. The van der Waals surface area contributed by atoms with Crippen molar-refractivity contribution in [2.45, 2.75) is 26.9 Å². The zero-order valence-electron chi connectivity index (χ0n) is 14.6. The Balaban J connectivity index is 2.04. The second-order valence-electron chi connectivity index (χ2n) is 5.97. The van der Waals surface area contributed by atoms with Crippen LogP contribution in [-0.2, 0) is 17.8 Å². The topological polar surface area (TPSA) is 106 Å². The average Bonchev–Trinajstić information content (AvgIpc) is 3.23. The molecule has 2 aromatic rings. The van der Waals surface area contributed by atoms with Gasteiger partial charge in [-0.15, -0.1) is 0 Å². The molecule has 0 radical (unpaired) electrons. The van der Waals surface area contributed by atoms with E-state index in [0.29, 0.717) is 22.4 Å². The number of aromatic hydroxyl groups is 1. The number of furan rings is 1. The van der Waals surface area contributed by atoms with Gasteiger partial charge in [0.2, 0.25) is 0 Å². The number of carboxylic acid groups (broad SMARTS) is 1. The minimum Gasteiger partial charge on any atom is -0.507 e. The van der Waals surface area contributed by atoms with Crippen molar-refractivity contribution in [3.63, 3.8) is 0 Å². The molecular weight excluding hydrogens is 340 g/mol. The van der Waals surface area contributed by atoms with Crippen LogP contribution in [0.3, 0.4) is 0 Å². The summed E-state index contributed by atoms with van der Waals surface area (Å²) in [5, 5.41) is 19.8. The highest BCUT2D eigenvalue weighted by Gasteiger charge is 2.31. The van der Waals surface area contributed by atoms with Gasteiger partial charge in [0, 0.05) is 11.1 Å². The Labute approximate surface area is 149 Å². The molecule has 0 saturated carbocycles. The maximum absolute atomic E-state index is 11.9. The van der Waals surface area contributed by atoms with Gasteiger partial charge in [-0.25, -0.2) is 9.59 Å². The maximum Gasteiger partial charge on any atom is 0.342 e. The quantitative estimate of drug-likeness (QED) is 0.790. The molecule has 1 aliphatic rings. The van der Waals surface area contributed by atoms with Gasteiger partial charge in [-0.05, 0) is 37.5 Å². The predicted octanol–water partition coefficient (Wildman–Crippen LogP) is 3.32. The molecule has 7 heteroatoms. The third-order valence-electron chi connectivity index (χ3n) is 4.51. The number of allylic oxidation sites excluding steroid dienone is 2. The van der Waals surface area contributed by atoms with E-state index >= 15 is 0 Å². The molecular formula is C19H18O7. The Morgan fingerprint density at radius 2 is 2.15 bits per heavy atom. The van der Waals surface area contributed by atoms with E-state index in [1.165, 1.54) is 19.4 Å². The molecule has 0 spiro atoms. The third kappa shape index (κ3) is 2.71. The number of aromatic carboxylic acids is 1. The van der Waals surface area contributed by atoms with Gasteiger partial charge >= 0.3 is 11.9 Å². The molecule has 0 aliphatic carbocycles. The van der Waals surface area contributed by atoms with Crippen LogP contribution in [-0.4, -0.2) is 29.3 Å². The molecule has 1 aliphatic heterocycles. The number of fused-ring (bicyclic) bond motifs is 1. The number of cyclic esters (lactones) is 1. The fourth-order valence-electron chi connectivity index (χ4n) is 3.16. The maximum atomic E-state index is 11.9.